The van der Waals surface area contributed by atoms with Crippen molar-refractivity contribution in [2.45, 2.75) is 122 Å². The van der Waals surface area contributed by atoms with Gasteiger partial charge in [-0.05, 0) is 12.8 Å². The first kappa shape index (κ1) is 31.4. The van der Waals surface area contributed by atoms with E-state index >= 15 is 0 Å². The van der Waals surface area contributed by atoms with Crippen molar-refractivity contribution in [2.75, 3.05) is 26.3 Å². The van der Waals surface area contributed by atoms with Gasteiger partial charge < -0.3 is 31.4 Å². The lowest BCUT2D eigenvalue weighted by atomic mass is 10.0. The molecule has 1 amide bonds. The van der Waals surface area contributed by atoms with Gasteiger partial charge in [-0.15, -0.1) is 0 Å². The molecule has 0 unspecified atom stereocenters. The number of carbonyl (C=O) groups excluding carboxylic acids is 1. The molecule has 0 saturated carbocycles. The average Bonchev–Trinajstić information content (AvgIpc) is 3.46. The molecule has 34 heavy (non-hydrogen) atoms. The largest absolute Gasteiger partial charge is 1.00 e. The standard InChI is InChI=1S/C27H49N2O3S.BrH/c1-2-3-4-5-6-7-8-9-10-11-12-13-14-17-21-31-24-26-23-29(27(30)32-26)19-16-15-18-28-20-22-33-25-28;/h20,22,25-26H,2-19,21,23-24H2,1H3;1H/q+1;/p-1/t26-;/m0./s1. The predicted molar refractivity (Wildman–Crippen MR) is 137 cm³/mol. The van der Waals surface area contributed by atoms with Crippen molar-refractivity contribution < 1.29 is 35.8 Å². The number of thiazole rings is 1. The molecular formula is C27H49BrN2O3S. The van der Waals surface area contributed by atoms with Crippen LogP contribution in [0.25, 0.3) is 0 Å². The third-order valence-electron chi connectivity index (χ3n) is 6.52. The van der Waals surface area contributed by atoms with E-state index in [0.29, 0.717) is 13.2 Å². The number of amides is 1. The molecule has 1 aromatic rings. The molecule has 5 nitrogen and oxygen atoms in total. The minimum atomic E-state index is -0.178. The Morgan fingerprint density at radius 1 is 0.941 bits per heavy atom. The number of rotatable bonds is 22. The van der Waals surface area contributed by atoms with Crippen LogP contribution in [0.2, 0.25) is 0 Å². The topological polar surface area (TPSA) is 42.7 Å². The minimum Gasteiger partial charge on any atom is -1.00 e. The highest BCUT2D eigenvalue weighted by molar-refractivity contribution is 7.07. The van der Waals surface area contributed by atoms with Crippen LogP contribution in [0.1, 0.15) is 110 Å². The van der Waals surface area contributed by atoms with E-state index in [1.54, 1.807) is 11.3 Å². The molecule has 0 aliphatic carbocycles. The predicted octanol–water partition coefficient (Wildman–Crippen LogP) is 4.14. The number of cyclic esters (lactones) is 1. The second kappa shape index (κ2) is 21.6. The molecule has 7 heteroatoms. The van der Waals surface area contributed by atoms with Crippen LogP contribution in [0.15, 0.2) is 17.1 Å². The fourth-order valence-corrected chi connectivity index (χ4v) is 5.07. The lowest BCUT2D eigenvalue weighted by Crippen LogP contribution is -3.00. The summed E-state index contributed by atoms with van der Waals surface area (Å²) in [6.45, 7) is 6.06. The van der Waals surface area contributed by atoms with Crippen LogP contribution in [-0.2, 0) is 16.0 Å². The maximum atomic E-state index is 12.0. The summed E-state index contributed by atoms with van der Waals surface area (Å²) in [6.07, 6.45) is 23.1. The zero-order valence-electron chi connectivity index (χ0n) is 21.6. The third kappa shape index (κ3) is 15.4. The fraction of sp³-hybridized carbons (Fsp3) is 0.852. The molecule has 1 atom stereocenters. The van der Waals surface area contributed by atoms with E-state index in [1.165, 1.54) is 83.5 Å². The second-order valence-corrected chi connectivity index (χ2v) is 10.3. The zero-order chi connectivity index (χ0) is 23.4. The average molecular weight is 562 g/mol. The van der Waals surface area contributed by atoms with Gasteiger partial charge in [-0.25, -0.2) is 4.79 Å². The van der Waals surface area contributed by atoms with Gasteiger partial charge >= 0.3 is 6.09 Å². The van der Waals surface area contributed by atoms with Crippen molar-refractivity contribution in [3.05, 3.63) is 17.1 Å². The Balaban J connectivity index is 0.00000578. The van der Waals surface area contributed by atoms with Crippen molar-refractivity contribution in [1.29, 1.82) is 0 Å². The van der Waals surface area contributed by atoms with Crippen LogP contribution in [0.3, 0.4) is 0 Å². The number of unbranched alkanes of at least 4 members (excludes halogenated alkanes) is 14. The molecule has 0 radical (unpaired) electrons. The van der Waals surface area contributed by atoms with E-state index in [0.717, 1.165) is 39.0 Å². The van der Waals surface area contributed by atoms with E-state index in [9.17, 15) is 4.79 Å². The number of ether oxygens (including phenoxy) is 2. The summed E-state index contributed by atoms with van der Waals surface area (Å²) in [6, 6.07) is 0. The molecule has 0 spiro atoms. The summed E-state index contributed by atoms with van der Waals surface area (Å²) in [7, 11) is 0. The lowest BCUT2D eigenvalue weighted by Gasteiger charge is -2.12. The van der Waals surface area contributed by atoms with E-state index in [-0.39, 0.29) is 29.2 Å². The van der Waals surface area contributed by atoms with Gasteiger partial charge in [0.1, 0.15) is 12.6 Å². The number of halogens is 1. The van der Waals surface area contributed by atoms with Crippen molar-refractivity contribution in [1.82, 2.24) is 4.90 Å². The number of aromatic nitrogens is 1. The van der Waals surface area contributed by atoms with Crippen LogP contribution in [-0.4, -0.2) is 43.4 Å². The molecule has 0 bridgehead atoms. The molecule has 0 aromatic carbocycles. The number of hydrogen-bond donors (Lipinski definition) is 0. The van der Waals surface area contributed by atoms with Crippen molar-refractivity contribution in [3.63, 3.8) is 0 Å². The number of carbonyl (C=O) groups is 1. The molecule has 1 fully saturated rings. The monoisotopic (exact) mass is 560 g/mol. The molecule has 198 valence electrons. The Morgan fingerprint density at radius 3 is 2.15 bits per heavy atom. The summed E-state index contributed by atoms with van der Waals surface area (Å²) < 4.78 is 13.4. The Labute approximate surface area is 223 Å². The molecule has 2 rings (SSSR count). The van der Waals surface area contributed by atoms with E-state index in [4.69, 9.17) is 9.47 Å². The first-order valence-corrected chi connectivity index (χ1v) is 14.7. The molecule has 1 aliphatic heterocycles. The molecule has 1 aromatic heterocycles. The minimum absolute atomic E-state index is 0. The van der Waals surface area contributed by atoms with Gasteiger partial charge in [-0.2, -0.15) is 4.57 Å². The van der Waals surface area contributed by atoms with Gasteiger partial charge in [-0.1, -0.05) is 102 Å². The van der Waals surface area contributed by atoms with E-state index < -0.39 is 0 Å². The highest BCUT2D eigenvalue weighted by Gasteiger charge is 2.30. The fourth-order valence-electron chi connectivity index (χ4n) is 4.44. The van der Waals surface area contributed by atoms with Crippen LogP contribution >= 0.6 is 11.3 Å². The molecule has 2 heterocycles. The van der Waals surface area contributed by atoms with Crippen molar-refractivity contribution in [2.24, 2.45) is 0 Å². The Kier molecular flexibility index (Phi) is 19.9. The maximum absolute atomic E-state index is 12.0. The summed E-state index contributed by atoms with van der Waals surface area (Å²) in [5.41, 5.74) is 2.12. The van der Waals surface area contributed by atoms with Crippen LogP contribution in [0, 0.1) is 0 Å². The highest BCUT2D eigenvalue weighted by Crippen LogP contribution is 2.14. The maximum Gasteiger partial charge on any atom is 0.410 e. The quantitative estimate of drug-likeness (QED) is 0.158. The van der Waals surface area contributed by atoms with Gasteiger partial charge in [0, 0.05) is 19.6 Å². The van der Waals surface area contributed by atoms with Crippen molar-refractivity contribution >= 4 is 17.4 Å². The molecule has 1 aliphatic rings. The Hall–Kier alpha value is -0.660. The first-order valence-electron chi connectivity index (χ1n) is 13.7. The zero-order valence-corrected chi connectivity index (χ0v) is 24.0. The Bertz CT molecular complexity index is 588. The summed E-state index contributed by atoms with van der Waals surface area (Å²) >= 11 is 1.71. The van der Waals surface area contributed by atoms with Crippen LogP contribution in [0.5, 0.6) is 0 Å². The third-order valence-corrected chi connectivity index (χ3v) is 7.19. The second-order valence-electron chi connectivity index (χ2n) is 9.59. The van der Waals surface area contributed by atoms with Gasteiger partial charge in [-0.3, -0.25) is 0 Å². The summed E-state index contributed by atoms with van der Waals surface area (Å²) in [4.78, 5) is 13.9. The number of nitrogens with zero attached hydrogens (tertiary/aromatic N) is 2. The first-order chi connectivity index (χ1) is 16.3. The molecule has 1 saturated heterocycles. The van der Waals surface area contributed by atoms with Gasteiger partial charge in [0.05, 0.1) is 18.5 Å². The summed E-state index contributed by atoms with van der Waals surface area (Å²) in [5, 5.41) is 2.08. The smallest absolute Gasteiger partial charge is 0.410 e. The normalized spacial score (nSPS) is 15.5. The van der Waals surface area contributed by atoms with Crippen LogP contribution < -0.4 is 21.5 Å². The van der Waals surface area contributed by atoms with E-state index in [1.807, 2.05) is 4.90 Å². The molecule has 0 N–H and O–H groups in total. The van der Waals surface area contributed by atoms with E-state index in [2.05, 4.69) is 28.6 Å². The number of hydrogen-bond acceptors (Lipinski definition) is 4. The summed E-state index contributed by atoms with van der Waals surface area (Å²) in [5.74, 6) is 0. The highest BCUT2D eigenvalue weighted by atomic mass is 79.9. The van der Waals surface area contributed by atoms with Crippen LogP contribution in [0.4, 0.5) is 4.79 Å². The van der Waals surface area contributed by atoms with Gasteiger partial charge in [0.2, 0.25) is 5.51 Å². The SMILES string of the molecule is CCCCCCCCCCCCCCCCOC[C@@H]1CN(CCCC[n+]2ccsc2)C(=O)O1.[Br-]. The lowest BCUT2D eigenvalue weighted by molar-refractivity contribution is -0.692. The molecular weight excluding hydrogens is 512 g/mol. The number of aryl methyl sites for hydroxylation is 1. The van der Waals surface area contributed by atoms with Crippen molar-refractivity contribution in [3.8, 4) is 0 Å². The Morgan fingerprint density at radius 2 is 1.56 bits per heavy atom. The van der Waals surface area contributed by atoms with Gasteiger partial charge in [0.25, 0.3) is 0 Å². The van der Waals surface area contributed by atoms with Gasteiger partial charge in [0.15, 0.2) is 6.20 Å².